The fraction of sp³-hybridized carbons (Fsp3) is 0.375. The minimum atomic E-state index is 0.608. The first-order valence-electron chi connectivity index (χ1n) is 7.34. The number of halogens is 2. The van der Waals surface area contributed by atoms with Gasteiger partial charge in [0.15, 0.2) is 0 Å². The maximum Gasteiger partial charge on any atom is 0.203 e. The molecule has 6 heteroatoms. The zero-order valence-corrected chi connectivity index (χ0v) is 14.6. The van der Waals surface area contributed by atoms with Crippen LogP contribution in [-0.4, -0.2) is 10.7 Å². The van der Waals surface area contributed by atoms with Crippen molar-refractivity contribution in [3.63, 3.8) is 0 Å². The summed E-state index contributed by atoms with van der Waals surface area (Å²) >= 11 is 13.7. The lowest BCUT2D eigenvalue weighted by atomic mass is 9.89. The molecule has 0 spiro atoms. The molecule has 116 valence electrons. The van der Waals surface area contributed by atoms with Crippen LogP contribution in [0.25, 0.3) is 11.3 Å². The third-order valence-corrected chi connectivity index (χ3v) is 5.06. The molecule has 0 saturated heterocycles. The average Bonchev–Trinajstić information content (AvgIpc) is 2.94. The summed E-state index contributed by atoms with van der Waals surface area (Å²) in [4.78, 5) is 4.55. The number of anilines is 1. The van der Waals surface area contributed by atoms with E-state index in [0.717, 1.165) is 35.1 Å². The Morgan fingerprint density at radius 1 is 1.36 bits per heavy atom. The second-order valence-corrected chi connectivity index (χ2v) is 7.36. The molecule has 1 aromatic heterocycles. The first-order chi connectivity index (χ1) is 10.6. The van der Waals surface area contributed by atoms with Gasteiger partial charge in [-0.2, -0.15) is 5.10 Å². The van der Waals surface area contributed by atoms with Gasteiger partial charge in [0.05, 0.1) is 10.7 Å². The largest absolute Gasteiger partial charge is 0.253 e. The molecule has 1 aromatic carbocycles. The Bertz CT molecular complexity index is 696. The quantitative estimate of drug-likeness (QED) is 0.677. The molecule has 0 aliphatic heterocycles. The predicted octanol–water partition coefficient (Wildman–Crippen LogP) is 6.09. The summed E-state index contributed by atoms with van der Waals surface area (Å²) in [5.41, 5.74) is 6.04. The Hall–Kier alpha value is -1.10. The van der Waals surface area contributed by atoms with Gasteiger partial charge < -0.3 is 0 Å². The summed E-state index contributed by atoms with van der Waals surface area (Å²) in [6.07, 6.45) is 4.69. The van der Waals surface area contributed by atoms with Crippen molar-refractivity contribution in [1.29, 1.82) is 0 Å². The van der Waals surface area contributed by atoms with Gasteiger partial charge in [0.1, 0.15) is 0 Å². The SMILES string of the molecule is CC1CCC/C(=N/Nc2nc(-c3ccc(Cl)cc3Cl)cs2)C1. The first kappa shape index (κ1) is 15.8. The van der Waals surface area contributed by atoms with E-state index in [1.807, 2.05) is 17.5 Å². The second-order valence-electron chi connectivity index (χ2n) is 5.65. The Balaban J connectivity index is 1.72. The molecule has 22 heavy (non-hydrogen) atoms. The number of aromatic nitrogens is 1. The fourth-order valence-corrected chi connectivity index (χ4v) is 3.79. The maximum absolute atomic E-state index is 6.22. The second kappa shape index (κ2) is 6.99. The zero-order valence-electron chi connectivity index (χ0n) is 12.3. The Kier molecular flexibility index (Phi) is 5.01. The lowest BCUT2D eigenvalue weighted by molar-refractivity contribution is 0.500. The maximum atomic E-state index is 6.22. The van der Waals surface area contributed by atoms with Gasteiger partial charge in [0.25, 0.3) is 0 Å². The third-order valence-electron chi connectivity index (χ3n) is 3.77. The van der Waals surface area contributed by atoms with E-state index in [9.17, 15) is 0 Å². The topological polar surface area (TPSA) is 37.3 Å². The van der Waals surface area contributed by atoms with Gasteiger partial charge in [-0.15, -0.1) is 11.3 Å². The van der Waals surface area contributed by atoms with E-state index >= 15 is 0 Å². The Labute approximate surface area is 144 Å². The number of thiazole rings is 1. The summed E-state index contributed by atoms with van der Waals surface area (Å²) in [7, 11) is 0. The molecule has 1 atom stereocenters. The van der Waals surface area contributed by atoms with E-state index in [2.05, 4.69) is 22.4 Å². The van der Waals surface area contributed by atoms with Crippen LogP contribution in [0.4, 0.5) is 5.13 Å². The molecule has 1 saturated carbocycles. The molecule has 1 heterocycles. The lowest BCUT2D eigenvalue weighted by Gasteiger charge is -2.18. The number of rotatable bonds is 3. The minimum absolute atomic E-state index is 0.608. The van der Waals surface area contributed by atoms with Crippen molar-refractivity contribution in [1.82, 2.24) is 4.98 Å². The van der Waals surface area contributed by atoms with Crippen LogP contribution in [-0.2, 0) is 0 Å². The highest BCUT2D eigenvalue weighted by Crippen LogP contribution is 2.32. The van der Waals surface area contributed by atoms with E-state index in [-0.39, 0.29) is 0 Å². The van der Waals surface area contributed by atoms with Gasteiger partial charge in [0.2, 0.25) is 5.13 Å². The van der Waals surface area contributed by atoms with Gasteiger partial charge >= 0.3 is 0 Å². The van der Waals surface area contributed by atoms with Gasteiger partial charge in [-0.3, -0.25) is 5.43 Å². The Morgan fingerprint density at radius 3 is 3.00 bits per heavy atom. The fourth-order valence-electron chi connectivity index (χ4n) is 2.64. The van der Waals surface area contributed by atoms with Crippen LogP contribution >= 0.6 is 34.5 Å². The van der Waals surface area contributed by atoms with Gasteiger partial charge in [0, 0.05) is 21.7 Å². The molecule has 2 aromatic rings. The molecular weight excluding hydrogens is 337 g/mol. The molecule has 0 radical (unpaired) electrons. The normalized spacial score (nSPS) is 20.3. The van der Waals surface area contributed by atoms with E-state index in [1.54, 1.807) is 6.07 Å². The van der Waals surface area contributed by atoms with Crippen molar-refractivity contribution < 1.29 is 0 Å². The van der Waals surface area contributed by atoms with Crippen molar-refractivity contribution in [2.45, 2.75) is 32.6 Å². The average molecular weight is 354 g/mol. The standard InChI is InChI=1S/C16H17Cl2N3S/c1-10-3-2-4-12(7-10)20-21-16-19-15(9-22-16)13-6-5-11(17)8-14(13)18/h5-6,8-10H,2-4,7H2,1H3,(H,19,21)/b20-12-. The first-order valence-corrected chi connectivity index (χ1v) is 8.98. The Morgan fingerprint density at radius 2 is 2.23 bits per heavy atom. The van der Waals surface area contributed by atoms with Crippen LogP contribution in [0, 0.1) is 5.92 Å². The molecule has 3 rings (SSSR count). The van der Waals surface area contributed by atoms with Gasteiger partial charge in [-0.1, -0.05) is 30.1 Å². The molecule has 1 unspecified atom stereocenters. The van der Waals surface area contributed by atoms with Crippen LogP contribution < -0.4 is 5.43 Å². The van der Waals surface area contributed by atoms with E-state index in [0.29, 0.717) is 10.0 Å². The third kappa shape index (κ3) is 3.80. The molecular formula is C16H17Cl2N3S. The lowest BCUT2D eigenvalue weighted by Crippen LogP contribution is -2.13. The van der Waals surface area contributed by atoms with E-state index in [1.165, 1.54) is 29.9 Å². The highest BCUT2D eigenvalue weighted by molar-refractivity contribution is 7.14. The van der Waals surface area contributed by atoms with Crippen LogP contribution in [0.1, 0.15) is 32.6 Å². The smallest absolute Gasteiger partial charge is 0.203 e. The van der Waals surface area contributed by atoms with E-state index < -0.39 is 0 Å². The molecule has 0 amide bonds. The van der Waals surface area contributed by atoms with Crippen LogP contribution in [0.5, 0.6) is 0 Å². The van der Waals surface area contributed by atoms with Gasteiger partial charge in [-0.25, -0.2) is 4.98 Å². The van der Waals surface area contributed by atoms with Crippen LogP contribution in [0.3, 0.4) is 0 Å². The number of nitrogens with zero attached hydrogens (tertiary/aromatic N) is 2. The summed E-state index contributed by atoms with van der Waals surface area (Å²) in [6.45, 7) is 2.28. The van der Waals surface area contributed by atoms with Crippen LogP contribution in [0.15, 0.2) is 28.7 Å². The summed E-state index contributed by atoms with van der Waals surface area (Å²) in [5.74, 6) is 0.731. The van der Waals surface area contributed by atoms with Crippen LogP contribution in [0.2, 0.25) is 10.0 Å². The molecule has 1 aliphatic rings. The highest BCUT2D eigenvalue weighted by Gasteiger charge is 2.14. The van der Waals surface area contributed by atoms with Crippen molar-refractivity contribution in [3.05, 3.63) is 33.6 Å². The zero-order chi connectivity index (χ0) is 15.5. The van der Waals surface area contributed by atoms with Gasteiger partial charge in [-0.05, 0) is 49.8 Å². The molecule has 1 fully saturated rings. The summed E-state index contributed by atoms with van der Waals surface area (Å²) < 4.78 is 0. The predicted molar refractivity (Wildman–Crippen MR) is 96.3 cm³/mol. The summed E-state index contributed by atoms with van der Waals surface area (Å²) in [5, 5.41) is 8.50. The van der Waals surface area contributed by atoms with Crippen molar-refractivity contribution >= 4 is 45.4 Å². The number of hydrogen-bond acceptors (Lipinski definition) is 4. The minimum Gasteiger partial charge on any atom is -0.253 e. The van der Waals surface area contributed by atoms with Crippen molar-refractivity contribution in [2.24, 2.45) is 11.0 Å². The monoisotopic (exact) mass is 353 g/mol. The van der Waals surface area contributed by atoms with Crippen molar-refractivity contribution in [3.8, 4) is 11.3 Å². The molecule has 1 aliphatic carbocycles. The number of nitrogens with one attached hydrogen (secondary N) is 1. The van der Waals surface area contributed by atoms with Crippen molar-refractivity contribution in [2.75, 3.05) is 5.43 Å². The number of hydrogen-bond donors (Lipinski definition) is 1. The summed E-state index contributed by atoms with van der Waals surface area (Å²) in [6, 6.07) is 5.44. The highest BCUT2D eigenvalue weighted by atomic mass is 35.5. The molecule has 1 N–H and O–H groups in total. The number of benzene rings is 1. The number of hydrazone groups is 1. The van der Waals surface area contributed by atoms with E-state index in [4.69, 9.17) is 23.2 Å². The molecule has 0 bridgehead atoms. The molecule has 3 nitrogen and oxygen atoms in total.